The molecule has 0 bridgehead atoms. The second kappa shape index (κ2) is 10.1. The predicted molar refractivity (Wildman–Crippen MR) is 92.4 cm³/mol. The van der Waals surface area contributed by atoms with Gasteiger partial charge in [0.1, 0.15) is 0 Å². The summed E-state index contributed by atoms with van der Waals surface area (Å²) in [4.78, 5) is 7.22. The highest BCUT2D eigenvalue weighted by Gasteiger charge is 2.18. The first kappa shape index (κ1) is 17.5. The lowest BCUT2D eigenvalue weighted by Gasteiger charge is -2.31. The van der Waals surface area contributed by atoms with Gasteiger partial charge in [-0.2, -0.15) is 0 Å². The van der Waals surface area contributed by atoms with Crippen LogP contribution in [0.25, 0.3) is 0 Å². The first-order chi connectivity index (χ1) is 10.8. The van der Waals surface area contributed by atoms with E-state index in [1.165, 1.54) is 45.3 Å². The molecule has 0 aromatic rings. The Bertz CT molecular complexity index is 321. The molecular weight excluding hydrogens is 276 g/mol. The third-order valence-corrected chi connectivity index (χ3v) is 4.82. The van der Waals surface area contributed by atoms with E-state index >= 15 is 0 Å². The first-order valence-electron chi connectivity index (χ1n) is 9.18. The second-order valence-corrected chi connectivity index (χ2v) is 6.45. The molecule has 2 N–H and O–H groups in total. The maximum atomic E-state index is 5.63. The molecule has 2 heterocycles. The van der Waals surface area contributed by atoms with Crippen molar-refractivity contribution in [3.63, 3.8) is 0 Å². The zero-order valence-corrected chi connectivity index (χ0v) is 14.4. The van der Waals surface area contributed by atoms with Gasteiger partial charge in [0.05, 0.1) is 12.6 Å². The van der Waals surface area contributed by atoms with Crippen molar-refractivity contribution in [1.82, 2.24) is 15.5 Å². The Hall–Kier alpha value is -0.810. The van der Waals surface area contributed by atoms with Crippen molar-refractivity contribution in [3.8, 4) is 0 Å². The molecule has 1 atom stereocenters. The average Bonchev–Trinajstić information content (AvgIpc) is 3.06. The Balaban J connectivity index is 1.64. The summed E-state index contributed by atoms with van der Waals surface area (Å²) in [6, 6.07) is 0. The third-order valence-electron chi connectivity index (χ3n) is 4.82. The lowest BCUT2D eigenvalue weighted by atomic mass is 9.93. The monoisotopic (exact) mass is 310 g/mol. The van der Waals surface area contributed by atoms with Gasteiger partial charge in [0.15, 0.2) is 5.96 Å². The fourth-order valence-corrected chi connectivity index (χ4v) is 3.31. The minimum Gasteiger partial charge on any atom is -0.376 e. The van der Waals surface area contributed by atoms with Crippen LogP contribution in [0.4, 0.5) is 0 Å². The van der Waals surface area contributed by atoms with Crippen LogP contribution in [-0.2, 0) is 4.74 Å². The van der Waals surface area contributed by atoms with Crippen molar-refractivity contribution < 1.29 is 4.74 Å². The van der Waals surface area contributed by atoms with Crippen LogP contribution in [0.3, 0.4) is 0 Å². The van der Waals surface area contributed by atoms with Crippen LogP contribution in [0.15, 0.2) is 4.99 Å². The number of likely N-dealkylation sites (tertiary alicyclic amines) is 1. The van der Waals surface area contributed by atoms with Crippen LogP contribution in [0.5, 0.6) is 0 Å². The molecule has 5 nitrogen and oxygen atoms in total. The van der Waals surface area contributed by atoms with E-state index in [9.17, 15) is 0 Å². The number of ether oxygens (including phenoxy) is 1. The molecule has 0 spiro atoms. The second-order valence-electron chi connectivity index (χ2n) is 6.45. The van der Waals surface area contributed by atoms with Gasteiger partial charge in [-0.25, -0.2) is 0 Å². The van der Waals surface area contributed by atoms with Crippen molar-refractivity contribution in [1.29, 1.82) is 0 Å². The standard InChI is InChI=1S/C17H34N4O/c1-3-18-17(20-14-16-6-5-13-22-16)19-10-7-15-8-11-21(4-2)12-9-15/h15-16H,3-14H2,1-2H3,(H2,18,19,20). The highest BCUT2D eigenvalue weighted by atomic mass is 16.5. The van der Waals surface area contributed by atoms with Crippen molar-refractivity contribution in [2.45, 2.75) is 52.1 Å². The van der Waals surface area contributed by atoms with Crippen molar-refractivity contribution in [3.05, 3.63) is 0 Å². The summed E-state index contributed by atoms with van der Waals surface area (Å²) in [5, 5.41) is 6.82. The average molecular weight is 310 g/mol. The highest BCUT2D eigenvalue weighted by molar-refractivity contribution is 5.79. The summed E-state index contributed by atoms with van der Waals surface area (Å²) >= 11 is 0. The molecule has 128 valence electrons. The summed E-state index contributed by atoms with van der Waals surface area (Å²) in [6.07, 6.45) is 6.61. The maximum Gasteiger partial charge on any atom is 0.191 e. The largest absolute Gasteiger partial charge is 0.376 e. The van der Waals surface area contributed by atoms with Crippen molar-refractivity contribution >= 4 is 5.96 Å². The third kappa shape index (κ3) is 6.13. The molecule has 2 aliphatic heterocycles. The molecule has 0 aliphatic carbocycles. The van der Waals surface area contributed by atoms with Crippen LogP contribution in [0.1, 0.15) is 46.0 Å². The van der Waals surface area contributed by atoms with Gasteiger partial charge in [0, 0.05) is 19.7 Å². The van der Waals surface area contributed by atoms with E-state index in [4.69, 9.17) is 4.74 Å². The number of hydrogen-bond acceptors (Lipinski definition) is 3. The molecule has 5 heteroatoms. The summed E-state index contributed by atoms with van der Waals surface area (Å²) in [5.74, 6) is 1.82. The van der Waals surface area contributed by atoms with E-state index < -0.39 is 0 Å². The molecule has 0 aromatic heterocycles. The zero-order chi connectivity index (χ0) is 15.6. The van der Waals surface area contributed by atoms with Crippen LogP contribution in [0.2, 0.25) is 0 Å². The summed E-state index contributed by atoms with van der Waals surface area (Å²) in [6.45, 7) is 11.7. The fourth-order valence-electron chi connectivity index (χ4n) is 3.31. The van der Waals surface area contributed by atoms with Gasteiger partial charge in [-0.15, -0.1) is 0 Å². The quantitative estimate of drug-likeness (QED) is 0.556. The Morgan fingerprint density at radius 3 is 2.64 bits per heavy atom. The zero-order valence-electron chi connectivity index (χ0n) is 14.4. The van der Waals surface area contributed by atoms with Gasteiger partial charge >= 0.3 is 0 Å². The van der Waals surface area contributed by atoms with E-state index in [1.807, 2.05) is 0 Å². The van der Waals surface area contributed by atoms with Gasteiger partial charge in [-0.1, -0.05) is 6.92 Å². The van der Waals surface area contributed by atoms with Gasteiger partial charge in [0.25, 0.3) is 0 Å². The number of piperidine rings is 1. The number of hydrogen-bond donors (Lipinski definition) is 2. The number of guanidine groups is 1. The minimum absolute atomic E-state index is 0.328. The van der Waals surface area contributed by atoms with Crippen molar-refractivity contribution in [2.75, 3.05) is 45.9 Å². The topological polar surface area (TPSA) is 48.9 Å². The molecule has 0 saturated carbocycles. The van der Waals surface area contributed by atoms with E-state index in [1.54, 1.807) is 0 Å². The molecule has 0 aromatic carbocycles. The van der Waals surface area contributed by atoms with Crippen molar-refractivity contribution in [2.24, 2.45) is 10.9 Å². The van der Waals surface area contributed by atoms with E-state index in [0.717, 1.165) is 44.5 Å². The molecular formula is C17H34N4O. The molecule has 2 saturated heterocycles. The Morgan fingerprint density at radius 2 is 2.00 bits per heavy atom. The Kier molecular flexibility index (Phi) is 8.02. The summed E-state index contributed by atoms with van der Waals surface area (Å²) in [5.41, 5.74) is 0. The molecule has 2 fully saturated rings. The number of rotatable bonds is 7. The smallest absolute Gasteiger partial charge is 0.191 e. The Labute approximate surface area is 135 Å². The lowest BCUT2D eigenvalue weighted by Crippen LogP contribution is -2.40. The van der Waals surface area contributed by atoms with Crippen LogP contribution < -0.4 is 10.6 Å². The van der Waals surface area contributed by atoms with E-state index in [2.05, 4.69) is 34.4 Å². The van der Waals surface area contributed by atoms with Gasteiger partial charge in [-0.05, 0) is 64.6 Å². The number of nitrogens with one attached hydrogen (secondary N) is 2. The van der Waals surface area contributed by atoms with Crippen LogP contribution >= 0.6 is 0 Å². The van der Waals surface area contributed by atoms with Gasteiger partial charge in [0.2, 0.25) is 0 Å². The molecule has 2 aliphatic rings. The fraction of sp³-hybridized carbons (Fsp3) is 0.941. The summed E-state index contributed by atoms with van der Waals surface area (Å²) in [7, 11) is 0. The van der Waals surface area contributed by atoms with E-state index in [-0.39, 0.29) is 0 Å². The number of aliphatic imine (C=N–C) groups is 1. The van der Waals surface area contributed by atoms with Gasteiger partial charge in [-0.3, -0.25) is 4.99 Å². The van der Waals surface area contributed by atoms with Crippen LogP contribution in [0, 0.1) is 5.92 Å². The first-order valence-corrected chi connectivity index (χ1v) is 9.18. The minimum atomic E-state index is 0.328. The predicted octanol–water partition coefficient (Wildman–Crippen LogP) is 1.84. The number of nitrogens with zero attached hydrogens (tertiary/aromatic N) is 2. The van der Waals surface area contributed by atoms with Gasteiger partial charge < -0.3 is 20.3 Å². The molecule has 1 unspecified atom stereocenters. The summed E-state index contributed by atoms with van der Waals surface area (Å²) < 4.78 is 5.63. The lowest BCUT2D eigenvalue weighted by molar-refractivity contribution is 0.117. The molecule has 22 heavy (non-hydrogen) atoms. The molecule has 0 radical (unpaired) electrons. The van der Waals surface area contributed by atoms with Crippen LogP contribution in [-0.4, -0.2) is 62.8 Å². The highest BCUT2D eigenvalue weighted by Crippen LogP contribution is 2.19. The molecule has 0 amide bonds. The maximum absolute atomic E-state index is 5.63. The van der Waals surface area contributed by atoms with E-state index in [0.29, 0.717) is 6.10 Å². The normalized spacial score (nSPS) is 24.6. The molecule has 2 rings (SSSR count). The Morgan fingerprint density at radius 1 is 1.18 bits per heavy atom. The SMILES string of the molecule is CCNC(=NCC1CCCO1)NCCC1CCN(CC)CC1.